The summed E-state index contributed by atoms with van der Waals surface area (Å²) in [7, 11) is -2.52. The maximum atomic E-state index is 13.2. The van der Waals surface area contributed by atoms with Crippen LogP contribution in [0.5, 0.6) is 0 Å². The highest BCUT2D eigenvalue weighted by Crippen LogP contribution is 2.34. The minimum absolute atomic E-state index is 0.0236. The van der Waals surface area contributed by atoms with E-state index in [1.165, 1.54) is 23.0 Å². The minimum Gasteiger partial charge on any atom is -0.465 e. The van der Waals surface area contributed by atoms with Gasteiger partial charge in [-0.15, -0.1) is 11.3 Å². The van der Waals surface area contributed by atoms with Crippen LogP contribution in [0, 0.1) is 6.92 Å². The highest BCUT2D eigenvalue weighted by atomic mass is 32.2. The molecule has 0 spiro atoms. The molecule has 0 bridgehead atoms. The average molecular weight is 472 g/mol. The van der Waals surface area contributed by atoms with Gasteiger partial charge in [0.2, 0.25) is 10.0 Å². The number of carbonyl (C=O) groups is 1. The van der Waals surface area contributed by atoms with Gasteiger partial charge in [-0.1, -0.05) is 30.3 Å². The summed E-state index contributed by atoms with van der Waals surface area (Å²) in [6.07, 6.45) is 3.96. The Kier molecular flexibility index (Phi) is 6.68. The quantitative estimate of drug-likeness (QED) is 0.508. The predicted octanol–water partition coefficient (Wildman–Crippen LogP) is 3.79. The van der Waals surface area contributed by atoms with E-state index in [1.54, 1.807) is 5.38 Å². The Balaban J connectivity index is 1.53. The van der Waals surface area contributed by atoms with E-state index in [2.05, 4.69) is 17.1 Å². The predicted molar refractivity (Wildman–Crippen MR) is 122 cm³/mol. The van der Waals surface area contributed by atoms with Crippen LogP contribution < -0.4 is 0 Å². The van der Waals surface area contributed by atoms with E-state index in [4.69, 9.17) is 9.72 Å². The van der Waals surface area contributed by atoms with E-state index >= 15 is 0 Å². The van der Waals surface area contributed by atoms with Crippen molar-refractivity contribution in [3.8, 4) is 0 Å². The zero-order valence-electron chi connectivity index (χ0n) is 18.0. The lowest BCUT2D eigenvalue weighted by Gasteiger charge is -2.31. The summed E-state index contributed by atoms with van der Waals surface area (Å²) in [5.74, 6) is 0.243. The van der Waals surface area contributed by atoms with Gasteiger partial charge in [-0.05, 0) is 42.3 Å². The molecule has 1 aliphatic rings. The van der Waals surface area contributed by atoms with Crippen LogP contribution in [0.15, 0.2) is 52.9 Å². The maximum absolute atomic E-state index is 13.2. The number of aryl methyl sites for hydroxylation is 1. The molecule has 1 aliphatic heterocycles. The summed E-state index contributed by atoms with van der Waals surface area (Å²) < 4.78 is 32.6. The van der Waals surface area contributed by atoms with Gasteiger partial charge in [0, 0.05) is 31.6 Å². The molecule has 168 valence electrons. The van der Waals surface area contributed by atoms with Crippen molar-refractivity contribution in [3.63, 3.8) is 0 Å². The third-order valence-corrected chi connectivity index (χ3v) is 8.68. The monoisotopic (exact) mass is 471 g/mol. The second kappa shape index (κ2) is 9.48. The van der Waals surface area contributed by atoms with Crippen molar-refractivity contribution in [2.75, 3.05) is 20.2 Å². The van der Waals surface area contributed by atoms with Gasteiger partial charge in [-0.3, -0.25) is 0 Å². The van der Waals surface area contributed by atoms with E-state index in [1.807, 2.05) is 31.3 Å². The molecule has 3 heterocycles. The first-order chi connectivity index (χ1) is 15.4. The summed E-state index contributed by atoms with van der Waals surface area (Å²) in [6.45, 7) is 2.62. The Labute approximate surface area is 192 Å². The largest absolute Gasteiger partial charge is 0.465 e. The summed E-state index contributed by atoms with van der Waals surface area (Å²) in [4.78, 5) is 21.2. The molecule has 7 nitrogen and oxygen atoms in total. The van der Waals surface area contributed by atoms with Crippen molar-refractivity contribution in [3.05, 3.63) is 75.5 Å². The van der Waals surface area contributed by atoms with E-state index in [-0.39, 0.29) is 15.7 Å². The molecule has 0 saturated carbocycles. The smallest absolute Gasteiger partial charge is 0.349 e. The molecule has 3 aromatic rings. The van der Waals surface area contributed by atoms with Crippen LogP contribution in [-0.4, -0.2) is 48.9 Å². The SMILES string of the molecule is COC(=O)c1sccc1S(=O)(=O)N1CCC(c2nc(C)ncc2Cc2ccccc2)CC1. The van der Waals surface area contributed by atoms with Crippen LogP contribution in [0.3, 0.4) is 0 Å². The lowest BCUT2D eigenvalue weighted by atomic mass is 9.90. The van der Waals surface area contributed by atoms with E-state index in [0.29, 0.717) is 31.8 Å². The van der Waals surface area contributed by atoms with Crippen molar-refractivity contribution in [1.29, 1.82) is 0 Å². The molecule has 0 amide bonds. The van der Waals surface area contributed by atoms with Crippen LogP contribution in [0.1, 0.15) is 51.1 Å². The average Bonchev–Trinajstić information content (AvgIpc) is 3.31. The van der Waals surface area contributed by atoms with Gasteiger partial charge in [-0.2, -0.15) is 4.31 Å². The highest BCUT2D eigenvalue weighted by Gasteiger charge is 2.34. The minimum atomic E-state index is -3.77. The van der Waals surface area contributed by atoms with Crippen LogP contribution >= 0.6 is 11.3 Å². The number of nitrogens with zero attached hydrogens (tertiary/aromatic N) is 3. The van der Waals surface area contributed by atoms with Crippen molar-refractivity contribution in [2.24, 2.45) is 0 Å². The number of methoxy groups -OCH3 is 1. The lowest BCUT2D eigenvalue weighted by molar-refractivity contribution is 0.0602. The lowest BCUT2D eigenvalue weighted by Crippen LogP contribution is -2.38. The Morgan fingerprint density at radius 1 is 1.19 bits per heavy atom. The molecule has 1 fully saturated rings. The number of rotatable bonds is 6. The van der Waals surface area contributed by atoms with Crippen molar-refractivity contribution in [2.45, 2.75) is 37.0 Å². The number of thiophene rings is 1. The topological polar surface area (TPSA) is 89.5 Å². The van der Waals surface area contributed by atoms with Gasteiger partial charge in [0.25, 0.3) is 0 Å². The molecule has 0 radical (unpaired) electrons. The summed E-state index contributed by atoms with van der Waals surface area (Å²) in [5.41, 5.74) is 3.27. The number of hydrogen-bond donors (Lipinski definition) is 0. The fourth-order valence-electron chi connectivity index (χ4n) is 4.07. The summed E-state index contributed by atoms with van der Waals surface area (Å²) >= 11 is 1.08. The van der Waals surface area contributed by atoms with Crippen LogP contribution in [0.2, 0.25) is 0 Å². The van der Waals surface area contributed by atoms with Crippen molar-refractivity contribution < 1.29 is 17.9 Å². The Morgan fingerprint density at radius 2 is 1.91 bits per heavy atom. The molecule has 0 N–H and O–H groups in total. The molecule has 0 unspecified atom stereocenters. The van der Waals surface area contributed by atoms with Crippen molar-refractivity contribution in [1.82, 2.24) is 14.3 Å². The normalized spacial score (nSPS) is 15.6. The molecule has 1 saturated heterocycles. The number of carbonyl (C=O) groups excluding carboxylic acids is 1. The van der Waals surface area contributed by atoms with Gasteiger partial charge in [0.05, 0.1) is 12.8 Å². The molecule has 0 atom stereocenters. The first-order valence-electron chi connectivity index (χ1n) is 10.4. The zero-order valence-corrected chi connectivity index (χ0v) is 19.7. The van der Waals surface area contributed by atoms with Gasteiger partial charge in [0.15, 0.2) is 0 Å². The molecule has 1 aromatic carbocycles. The van der Waals surface area contributed by atoms with E-state index in [9.17, 15) is 13.2 Å². The number of sulfonamides is 1. The third-order valence-electron chi connectivity index (χ3n) is 5.71. The fourth-order valence-corrected chi connectivity index (χ4v) is 6.85. The number of hydrogen-bond acceptors (Lipinski definition) is 7. The number of benzene rings is 1. The summed E-state index contributed by atoms with van der Waals surface area (Å²) in [5, 5.41) is 1.60. The van der Waals surface area contributed by atoms with Gasteiger partial charge >= 0.3 is 5.97 Å². The molecule has 4 rings (SSSR count). The standard InChI is InChI=1S/C23H25N3O4S2/c1-16-24-15-19(14-17-6-4-3-5-7-17)21(25-16)18-8-11-26(12-9-18)32(28,29)20-10-13-31-22(20)23(27)30-2/h3-7,10,13,15,18H,8-9,11-12,14H2,1-2H3. The molecular formula is C23H25N3O4S2. The van der Waals surface area contributed by atoms with Crippen LogP contribution in [-0.2, 0) is 21.2 Å². The zero-order chi connectivity index (χ0) is 22.7. The molecule has 0 aliphatic carbocycles. The van der Waals surface area contributed by atoms with E-state index < -0.39 is 16.0 Å². The molecule has 32 heavy (non-hydrogen) atoms. The second-order valence-corrected chi connectivity index (χ2v) is 10.6. The second-order valence-electron chi connectivity index (χ2n) is 7.77. The Bertz CT molecular complexity index is 1200. The van der Waals surface area contributed by atoms with Gasteiger partial charge in [0.1, 0.15) is 15.6 Å². The van der Waals surface area contributed by atoms with Crippen LogP contribution in [0.4, 0.5) is 0 Å². The highest BCUT2D eigenvalue weighted by molar-refractivity contribution is 7.89. The molecule has 9 heteroatoms. The fraction of sp³-hybridized carbons (Fsp3) is 0.348. The Hall–Kier alpha value is -2.62. The Morgan fingerprint density at radius 3 is 2.59 bits per heavy atom. The van der Waals surface area contributed by atoms with Crippen molar-refractivity contribution >= 4 is 27.3 Å². The molecule has 2 aromatic heterocycles. The van der Waals surface area contributed by atoms with Gasteiger partial charge < -0.3 is 4.74 Å². The number of esters is 1. The number of aromatic nitrogens is 2. The third kappa shape index (κ3) is 4.60. The first-order valence-corrected chi connectivity index (χ1v) is 12.7. The first kappa shape index (κ1) is 22.6. The number of piperidine rings is 1. The van der Waals surface area contributed by atoms with E-state index in [0.717, 1.165) is 29.0 Å². The number of ether oxygens (including phenoxy) is 1. The van der Waals surface area contributed by atoms with Crippen LogP contribution in [0.25, 0.3) is 0 Å². The maximum Gasteiger partial charge on any atom is 0.349 e. The molecular weight excluding hydrogens is 446 g/mol. The summed E-state index contributed by atoms with van der Waals surface area (Å²) in [6, 6.07) is 11.7. The van der Waals surface area contributed by atoms with Gasteiger partial charge in [-0.25, -0.2) is 23.2 Å².